The van der Waals surface area contributed by atoms with Crippen LogP contribution >= 0.6 is 22.6 Å². The van der Waals surface area contributed by atoms with Gasteiger partial charge in [0.2, 0.25) is 11.2 Å². The van der Waals surface area contributed by atoms with E-state index in [0.717, 1.165) is 70.8 Å². The maximum atomic E-state index is 12.1. The van der Waals surface area contributed by atoms with Gasteiger partial charge >= 0.3 is 11.9 Å². The summed E-state index contributed by atoms with van der Waals surface area (Å²) in [7, 11) is 5.98. The number of aliphatic hydroxyl groups is 2. The summed E-state index contributed by atoms with van der Waals surface area (Å²) in [5.74, 6) is 6.09. The van der Waals surface area contributed by atoms with Crippen LogP contribution in [-0.2, 0) is 31.9 Å². The number of likely N-dealkylation sites (tertiary alicyclic amines) is 2. The summed E-state index contributed by atoms with van der Waals surface area (Å²) in [4.78, 5) is 50.0. The number of terminal acetylenes is 1. The average Bonchev–Trinajstić information content (AvgIpc) is 3.99. The molecule has 17 heteroatoms. The number of fused-ring (bicyclic) bond motifs is 2. The second-order valence-electron chi connectivity index (χ2n) is 14.3. The van der Waals surface area contributed by atoms with Crippen LogP contribution in [0.5, 0.6) is 0 Å². The van der Waals surface area contributed by atoms with Gasteiger partial charge in [-0.05, 0) is 84.7 Å². The second kappa shape index (κ2) is 19.0. The van der Waals surface area contributed by atoms with E-state index in [1.807, 2.05) is 47.1 Å². The van der Waals surface area contributed by atoms with Crippen molar-refractivity contribution < 1.29 is 38.9 Å². The molecule has 8 rings (SSSR count). The Morgan fingerprint density at radius 1 is 0.800 bits per heavy atom. The van der Waals surface area contributed by atoms with Crippen LogP contribution < -0.4 is 10.6 Å². The first-order valence-corrected chi connectivity index (χ1v) is 20.0. The van der Waals surface area contributed by atoms with Crippen molar-refractivity contribution in [3.05, 3.63) is 80.4 Å². The third-order valence-corrected chi connectivity index (χ3v) is 11.0. The van der Waals surface area contributed by atoms with E-state index in [-0.39, 0.29) is 31.4 Å². The molecular weight excluding hydrogens is 883 g/mol. The third-order valence-electron chi connectivity index (χ3n) is 10.3. The molecule has 16 nitrogen and oxygen atoms in total. The monoisotopic (exact) mass is 932 g/mol. The van der Waals surface area contributed by atoms with Gasteiger partial charge in [0.25, 0.3) is 11.8 Å². The number of anilines is 2. The average molecular weight is 933 g/mol. The number of hydrogen-bond donors (Lipinski definition) is 4. The number of benzene rings is 2. The topological polar surface area (TPSA) is 193 Å². The summed E-state index contributed by atoms with van der Waals surface area (Å²) >= 11 is 2.27. The van der Waals surface area contributed by atoms with E-state index < -0.39 is 23.1 Å². The van der Waals surface area contributed by atoms with Crippen LogP contribution in [0.25, 0.3) is 11.4 Å². The van der Waals surface area contributed by atoms with Gasteiger partial charge in [0.15, 0.2) is 11.4 Å². The molecule has 0 radical (unpaired) electrons. The Bertz CT molecular complexity index is 2390. The molecule has 60 heavy (non-hydrogen) atoms. The van der Waals surface area contributed by atoms with Gasteiger partial charge in [-0.1, -0.05) is 37.3 Å². The summed E-state index contributed by atoms with van der Waals surface area (Å²) in [6.07, 6.45) is 9.25. The maximum absolute atomic E-state index is 12.1. The summed E-state index contributed by atoms with van der Waals surface area (Å²) in [5.41, 5.74) is 3.27. The van der Waals surface area contributed by atoms with Gasteiger partial charge in [-0.25, -0.2) is 19.0 Å². The number of esters is 2. The lowest BCUT2D eigenvalue weighted by Gasteiger charge is -2.16. The zero-order valence-corrected chi connectivity index (χ0v) is 35.3. The lowest BCUT2D eigenvalue weighted by molar-refractivity contribution is -0.138. The van der Waals surface area contributed by atoms with Gasteiger partial charge in [0.05, 0.1) is 48.4 Å². The second-order valence-corrected chi connectivity index (χ2v) is 15.6. The van der Waals surface area contributed by atoms with Gasteiger partial charge in [-0.15, -0.1) is 6.42 Å². The molecule has 2 aromatic heterocycles. The van der Waals surface area contributed by atoms with E-state index >= 15 is 0 Å². The summed E-state index contributed by atoms with van der Waals surface area (Å²) in [5, 5.41) is 35.2. The Hall–Kier alpha value is -5.89. The number of likely N-dealkylation sites (N-methyl/N-ethyl adjacent to an activating group) is 2. The number of nitrogens with one attached hydrogen (secondary N) is 2. The van der Waals surface area contributed by atoms with Crippen molar-refractivity contribution in [2.24, 2.45) is 0 Å². The molecule has 4 aromatic rings. The SMILES string of the molecule is C.C#C[C@]1(O)CCN(C)C1=O.COC(=O)c1nn(-c2cccc(C#C[C@]3(O)CCN(C)C3=O)c2)c2c1NCCC2.COC(=O)c1nn(-c2cccc(I)c2)c2c1NCCC2. The highest BCUT2D eigenvalue weighted by atomic mass is 127. The predicted molar refractivity (Wildman–Crippen MR) is 233 cm³/mol. The first-order chi connectivity index (χ1) is 28.2. The minimum atomic E-state index is -1.64. The Morgan fingerprint density at radius 3 is 1.72 bits per heavy atom. The van der Waals surface area contributed by atoms with Gasteiger partial charge in [0.1, 0.15) is 0 Å². The normalized spacial score (nSPS) is 19.8. The molecule has 4 N–H and O–H groups in total. The smallest absolute Gasteiger partial charge is 0.360 e. The van der Waals surface area contributed by atoms with E-state index in [1.54, 1.807) is 24.8 Å². The molecule has 2 saturated heterocycles. The Morgan fingerprint density at radius 2 is 1.28 bits per heavy atom. The van der Waals surface area contributed by atoms with Gasteiger partial charge in [-0.2, -0.15) is 10.2 Å². The lowest BCUT2D eigenvalue weighted by atomic mass is 10.0. The van der Waals surface area contributed by atoms with Crippen LogP contribution in [0.3, 0.4) is 0 Å². The Kier molecular flexibility index (Phi) is 14.3. The largest absolute Gasteiger partial charge is 0.464 e. The van der Waals surface area contributed by atoms with Crippen molar-refractivity contribution >= 4 is 57.7 Å². The Balaban J connectivity index is 0.000000190. The van der Waals surface area contributed by atoms with Crippen LogP contribution in [0.1, 0.15) is 71.0 Å². The molecule has 2 amide bonds. The molecule has 4 aliphatic heterocycles. The van der Waals surface area contributed by atoms with Crippen LogP contribution in [0.4, 0.5) is 11.4 Å². The molecule has 2 aromatic carbocycles. The van der Waals surface area contributed by atoms with Crippen LogP contribution in [0, 0.1) is 27.8 Å². The fourth-order valence-electron chi connectivity index (χ4n) is 7.04. The number of hydrogen-bond acceptors (Lipinski definition) is 12. The number of aromatic nitrogens is 4. The highest BCUT2D eigenvalue weighted by molar-refractivity contribution is 14.1. The van der Waals surface area contributed by atoms with Gasteiger partial charge < -0.3 is 40.1 Å². The van der Waals surface area contributed by atoms with E-state index in [2.05, 4.69) is 61.2 Å². The summed E-state index contributed by atoms with van der Waals surface area (Å²) < 4.78 is 14.4. The third kappa shape index (κ3) is 9.28. The van der Waals surface area contributed by atoms with E-state index in [1.165, 1.54) is 24.0 Å². The van der Waals surface area contributed by atoms with Crippen LogP contribution in [0.2, 0.25) is 0 Å². The van der Waals surface area contributed by atoms with Crippen LogP contribution in [0.15, 0.2) is 48.5 Å². The number of nitrogens with zero attached hydrogens (tertiary/aromatic N) is 6. The zero-order valence-electron chi connectivity index (χ0n) is 33.2. The van der Waals surface area contributed by atoms with Crippen molar-refractivity contribution in [3.63, 3.8) is 0 Å². The number of methoxy groups -OCH3 is 2. The maximum Gasteiger partial charge on any atom is 0.360 e. The number of ether oxygens (including phenoxy) is 2. The molecule has 0 spiro atoms. The standard InChI is InChI=1S/C21H22N4O4.C14H14IN3O2.C7H9NO2.CH4/c1-24-12-10-21(28,20(24)27)9-8-14-5-3-6-15(13-14)25-16-7-4-11-22-17(16)18(23-25)19(26)29-2;1-20-14(19)13-12-11(6-3-7-16-12)18(17-13)10-5-2-4-9(15)8-10;1-3-7(10)4-5-8(2)6(7)9;/h3,5-6,13,22,28H,4,7,10-12H2,1-2H3;2,4-5,8,16H,3,6-7H2,1H3;1,10H,4-5H2,2H3;1H4/t21-;;7-;/m0.0./s1. The highest BCUT2D eigenvalue weighted by Crippen LogP contribution is 2.31. The number of carbonyl (C=O) groups excluding carboxylic acids is 4. The Labute approximate surface area is 362 Å². The molecule has 316 valence electrons. The number of carbonyl (C=O) groups is 4. The number of amides is 2. The first kappa shape index (κ1) is 45.2. The van der Waals surface area contributed by atoms with E-state index in [9.17, 15) is 29.4 Å². The fraction of sp³-hybridized carbons (Fsp3) is 0.395. The quantitative estimate of drug-likeness (QED) is 0.133. The van der Waals surface area contributed by atoms with Gasteiger partial charge in [0, 0.05) is 62.2 Å². The number of halogens is 1. The predicted octanol–water partition coefficient (Wildman–Crippen LogP) is 3.43. The molecule has 0 bridgehead atoms. The van der Waals surface area contributed by atoms with E-state index in [0.29, 0.717) is 36.5 Å². The molecule has 0 aliphatic carbocycles. The minimum absolute atomic E-state index is 0. The van der Waals surface area contributed by atoms with Crippen molar-refractivity contribution in [1.29, 1.82) is 0 Å². The lowest BCUT2D eigenvalue weighted by Crippen LogP contribution is -2.37. The number of rotatable bonds is 4. The summed E-state index contributed by atoms with van der Waals surface area (Å²) in [6.45, 7) is 2.65. The van der Waals surface area contributed by atoms with Crippen molar-refractivity contribution in [2.45, 2.75) is 57.2 Å². The molecule has 6 heterocycles. The molecule has 2 fully saturated rings. The van der Waals surface area contributed by atoms with Crippen molar-refractivity contribution in [3.8, 4) is 35.6 Å². The molecular formula is C43H49IN8O8. The van der Waals surface area contributed by atoms with Crippen molar-refractivity contribution in [1.82, 2.24) is 29.4 Å². The molecule has 2 atom stereocenters. The first-order valence-electron chi connectivity index (χ1n) is 18.9. The van der Waals surface area contributed by atoms with Crippen LogP contribution in [-0.4, -0.2) is 129 Å². The molecule has 4 aliphatic rings. The molecule has 0 saturated carbocycles. The zero-order chi connectivity index (χ0) is 42.5. The van der Waals surface area contributed by atoms with E-state index in [4.69, 9.17) is 15.9 Å². The fourth-order valence-corrected chi connectivity index (χ4v) is 7.57. The highest BCUT2D eigenvalue weighted by Gasteiger charge is 2.43. The summed E-state index contributed by atoms with van der Waals surface area (Å²) in [6, 6.07) is 15.4. The minimum Gasteiger partial charge on any atom is -0.464 e. The van der Waals surface area contributed by atoms with Gasteiger partial charge in [-0.3, -0.25) is 9.59 Å². The van der Waals surface area contributed by atoms with Crippen molar-refractivity contribution in [2.75, 3.05) is 65.1 Å². The molecule has 0 unspecified atom stereocenters.